The predicted molar refractivity (Wildman–Crippen MR) is 71.2 cm³/mol. The number of carbonyl (C=O) groups excluding carboxylic acids is 2. The zero-order chi connectivity index (χ0) is 15.5. The molecule has 0 aromatic heterocycles. The molecule has 0 amide bonds. The highest BCUT2D eigenvalue weighted by Gasteiger charge is 2.45. The number of aromatic hydroxyl groups is 1. The normalized spacial score (nSPS) is 28.5. The van der Waals surface area contributed by atoms with Crippen molar-refractivity contribution >= 4 is 11.6 Å². The van der Waals surface area contributed by atoms with E-state index in [2.05, 4.69) is 0 Å². The predicted octanol–water partition coefficient (Wildman–Crippen LogP) is -0.137. The van der Waals surface area contributed by atoms with Crippen molar-refractivity contribution in [3.63, 3.8) is 0 Å². The molecule has 0 spiro atoms. The summed E-state index contributed by atoms with van der Waals surface area (Å²) in [5.74, 6) is -1.53. The number of aryl methyl sites for hydroxylation is 1. The van der Waals surface area contributed by atoms with E-state index in [1.165, 1.54) is 12.1 Å². The maximum absolute atomic E-state index is 12.5. The van der Waals surface area contributed by atoms with E-state index in [0.29, 0.717) is 5.56 Å². The molecule has 0 fully saturated rings. The number of carbonyl (C=O) groups is 2. The SMILES string of the molecule is Cc1cc(O)c2c(c1)C(=O)C1=C(C2=O)[C@H](O)[C@@H](O)[C@@H](O)C1. The average molecular weight is 290 g/mol. The minimum absolute atomic E-state index is 0.00259. The summed E-state index contributed by atoms with van der Waals surface area (Å²) in [5.41, 5.74) is 0.291. The molecule has 3 rings (SSSR count). The van der Waals surface area contributed by atoms with Crippen LogP contribution in [-0.4, -0.2) is 50.3 Å². The Bertz CT molecular complexity index is 702. The van der Waals surface area contributed by atoms with E-state index in [9.17, 15) is 30.0 Å². The maximum Gasteiger partial charge on any atom is 0.196 e. The Kier molecular flexibility index (Phi) is 2.98. The minimum Gasteiger partial charge on any atom is -0.507 e. The molecule has 6 heteroatoms. The van der Waals surface area contributed by atoms with E-state index in [4.69, 9.17) is 0 Å². The average Bonchev–Trinajstić information content (AvgIpc) is 2.41. The third kappa shape index (κ3) is 1.84. The lowest BCUT2D eigenvalue weighted by Crippen LogP contribution is -2.47. The van der Waals surface area contributed by atoms with E-state index >= 15 is 0 Å². The lowest BCUT2D eigenvalue weighted by Gasteiger charge is -2.34. The molecule has 6 nitrogen and oxygen atoms in total. The van der Waals surface area contributed by atoms with Crippen LogP contribution in [0.3, 0.4) is 0 Å². The third-order valence-electron chi connectivity index (χ3n) is 4.00. The summed E-state index contributed by atoms with van der Waals surface area (Å²) in [5, 5.41) is 39.3. The van der Waals surface area contributed by atoms with Crippen LogP contribution in [0.1, 0.15) is 32.7 Å². The lowest BCUT2D eigenvalue weighted by atomic mass is 9.74. The molecule has 0 unspecified atom stereocenters. The Morgan fingerprint density at radius 3 is 2.43 bits per heavy atom. The van der Waals surface area contributed by atoms with Gasteiger partial charge >= 0.3 is 0 Å². The van der Waals surface area contributed by atoms with Gasteiger partial charge in [-0.05, 0) is 24.6 Å². The van der Waals surface area contributed by atoms with Crippen molar-refractivity contribution in [3.8, 4) is 5.75 Å². The molecule has 1 aromatic carbocycles. The number of benzene rings is 1. The van der Waals surface area contributed by atoms with Gasteiger partial charge in [-0.1, -0.05) is 0 Å². The van der Waals surface area contributed by atoms with Gasteiger partial charge in [-0.2, -0.15) is 0 Å². The van der Waals surface area contributed by atoms with Crippen LogP contribution in [0, 0.1) is 6.92 Å². The third-order valence-corrected chi connectivity index (χ3v) is 4.00. The molecule has 0 aliphatic heterocycles. The fourth-order valence-corrected chi connectivity index (χ4v) is 2.97. The number of fused-ring (bicyclic) bond motifs is 1. The number of hydrogen-bond donors (Lipinski definition) is 4. The first-order chi connectivity index (χ1) is 9.82. The number of ketones is 2. The van der Waals surface area contributed by atoms with Crippen LogP contribution in [0.2, 0.25) is 0 Å². The molecule has 0 radical (unpaired) electrons. The van der Waals surface area contributed by atoms with E-state index in [0.717, 1.165) is 0 Å². The molecule has 110 valence electrons. The standard InChI is InChI=1S/C15H14O6/c1-5-2-6-10(8(16)3-5)14(20)11-7(12(6)18)4-9(17)13(19)15(11)21/h2-3,9,13,15-17,19,21H,4H2,1H3/t9-,13-,15-/m0/s1. The summed E-state index contributed by atoms with van der Waals surface area (Å²) < 4.78 is 0. The quantitative estimate of drug-likeness (QED) is 0.529. The van der Waals surface area contributed by atoms with Gasteiger partial charge in [-0.3, -0.25) is 9.59 Å². The topological polar surface area (TPSA) is 115 Å². The summed E-state index contributed by atoms with van der Waals surface area (Å²) in [6.07, 6.45) is -4.69. The molecule has 2 aliphatic carbocycles. The zero-order valence-corrected chi connectivity index (χ0v) is 11.2. The number of aliphatic hydroxyl groups excluding tert-OH is 3. The Hall–Kier alpha value is -2.02. The van der Waals surface area contributed by atoms with Gasteiger partial charge in [0.05, 0.1) is 11.7 Å². The summed E-state index contributed by atoms with van der Waals surface area (Å²) in [6, 6.07) is 2.85. The second kappa shape index (κ2) is 4.49. The van der Waals surface area contributed by atoms with E-state index in [1.807, 2.05) is 0 Å². The number of Topliss-reactive ketones (excluding diaryl/α,β-unsaturated/α-hetero) is 2. The van der Waals surface area contributed by atoms with E-state index in [-0.39, 0.29) is 34.4 Å². The van der Waals surface area contributed by atoms with Crippen molar-refractivity contribution in [2.24, 2.45) is 0 Å². The fourth-order valence-electron chi connectivity index (χ4n) is 2.97. The number of hydrogen-bond acceptors (Lipinski definition) is 6. The van der Waals surface area contributed by atoms with Crippen LogP contribution in [-0.2, 0) is 0 Å². The van der Waals surface area contributed by atoms with Gasteiger partial charge in [-0.25, -0.2) is 0 Å². The Balaban J connectivity index is 2.25. The molecule has 0 bridgehead atoms. The lowest BCUT2D eigenvalue weighted by molar-refractivity contribution is -0.0516. The first-order valence-electron chi connectivity index (χ1n) is 6.53. The maximum atomic E-state index is 12.5. The molecular formula is C15H14O6. The van der Waals surface area contributed by atoms with Gasteiger partial charge < -0.3 is 20.4 Å². The first kappa shape index (κ1) is 13.9. The van der Waals surface area contributed by atoms with Gasteiger partial charge in [-0.15, -0.1) is 0 Å². The van der Waals surface area contributed by atoms with E-state index < -0.39 is 29.9 Å². The van der Waals surface area contributed by atoms with Crippen molar-refractivity contribution in [2.75, 3.05) is 0 Å². The van der Waals surface area contributed by atoms with Gasteiger partial charge in [0.25, 0.3) is 0 Å². The van der Waals surface area contributed by atoms with Gasteiger partial charge in [0.15, 0.2) is 11.6 Å². The Morgan fingerprint density at radius 2 is 1.76 bits per heavy atom. The van der Waals surface area contributed by atoms with Gasteiger partial charge in [0, 0.05) is 23.1 Å². The summed E-state index contributed by atoms with van der Waals surface area (Å²) in [6.45, 7) is 1.68. The largest absolute Gasteiger partial charge is 0.507 e. The molecule has 21 heavy (non-hydrogen) atoms. The molecule has 4 N–H and O–H groups in total. The van der Waals surface area contributed by atoms with Crippen molar-refractivity contribution in [2.45, 2.75) is 31.7 Å². The first-order valence-corrected chi connectivity index (χ1v) is 6.53. The second-order valence-electron chi connectivity index (χ2n) is 5.46. The van der Waals surface area contributed by atoms with E-state index in [1.54, 1.807) is 6.92 Å². The number of rotatable bonds is 0. The summed E-state index contributed by atoms with van der Waals surface area (Å²) >= 11 is 0. The highest BCUT2D eigenvalue weighted by Crippen LogP contribution is 2.39. The van der Waals surface area contributed by atoms with Crippen LogP contribution in [0.15, 0.2) is 23.3 Å². The molecule has 3 atom stereocenters. The number of aliphatic hydroxyl groups is 3. The molecule has 0 heterocycles. The van der Waals surface area contributed by atoms with Crippen LogP contribution in [0.4, 0.5) is 0 Å². The van der Waals surface area contributed by atoms with Gasteiger partial charge in [0.2, 0.25) is 0 Å². The smallest absolute Gasteiger partial charge is 0.196 e. The molecule has 0 saturated heterocycles. The Labute approximate surface area is 120 Å². The highest BCUT2D eigenvalue weighted by molar-refractivity contribution is 6.28. The van der Waals surface area contributed by atoms with Crippen molar-refractivity contribution in [1.29, 1.82) is 0 Å². The number of phenols is 1. The summed E-state index contributed by atoms with van der Waals surface area (Å²) in [4.78, 5) is 24.9. The number of phenolic OH excluding ortho intramolecular Hbond substituents is 1. The molecular weight excluding hydrogens is 276 g/mol. The molecule has 1 aromatic rings. The monoisotopic (exact) mass is 290 g/mol. The summed E-state index contributed by atoms with van der Waals surface area (Å²) in [7, 11) is 0. The fraction of sp³-hybridized carbons (Fsp3) is 0.333. The molecule has 2 aliphatic rings. The second-order valence-corrected chi connectivity index (χ2v) is 5.46. The van der Waals surface area contributed by atoms with Crippen molar-refractivity contribution < 1.29 is 30.0 Å². The Morgan fingerprint density at radius 1 is 1.10 bits per heavy atom. The molecule has 0 saturated carbocycles. The van der Waals surface area contributed by atoms with Crippen LogP contribution in [0.5, 0.6) is 5.75 Å². The minimum atomic E-state index is -1.64. The zero-order valence-electron chi connectivity index (χ0n) is 11.2. The van der Waals surface area contributed by atoms with Crippen LogP contribution >= 0.6 is 0 Å². The van der Waals surface area contributed by atoms with Crippen LogP contribution < -0.4 is 0 Å². The highest BCUT2D eigenvalue weighted by atomic mass is 16.4. The van der Waals surface area contributed by atoms with Gasteiger partial charge in [0.1, 0.15) is 18.0 Å². The van der Waals surface area contributed by atoms with Crippen molar-refractivity contribution in [1.82, 2.24) is 0 Å². The van der Waals surface area contributed by atoms with Crippen LogP contribution in [0.25, 0.3) is 0 Å². The van der Waals surface area contributed by atoms with Crippen molar-refractivity contribution in [3.05, 3.63) is 40.0 Å².